The largest absolute Gasteiger partial charge is 0.454 e. The van der Waals surface area contributed by atoms with Gasteiger partial charge in [0.2, 0.25) is 6.79 Å². The van der Waals surface area contributed by atoms with Gasteiger partial charge in [-0.2, -0.15) is 0 Å². The van der Waals surface area contributed by atoms with Crippen LogP contribution in [-0.2, 0) is 11.3 Å². The van der Waals surface area contributed by atoms with Crippen LogP contribution in [0.25, 0.3) is 0 Å². The summed E-state index contributed by atoms with van der Waals surface area (Å²) >= 11 is 0. The van der Waals surface area contributed by atoms with Crippen molar-refractivity contribution in [1.82, 2.24) is 10.2 Å². The average molecular weight is 360 g/mol. The second-order valence-corrected chi connectivity index (χ2v) is 7.49. The van der Waals surface area contributed by atoms with Gasteiger partial charge in [-0.3, -0.25) is 0 Å². The predicted molar refractivity (Wildman–Crippen MR) is 97.4 cm³/mol. The van der Waals surface area contributed by atoms with Crippen LogP contribution in [0.2, 0.25) is 0 Å². The first kappa shape index (κ1) is 17.5. The van der Waals surface area contributed by atoms with Gasteiger partial charge in [0.1, 0.15) is 0 Å². The maximum atomic E-state index is 12.9. The summed E-state index contributed by atoms with van der Waals surface area (Å²) < 4.78 is 16.6. The lowest BCUT2D eigenvalue weighted by atomic mass is 9.96. The molecule has 26 heavy (non-hydrogen) atoms. The van der Waals surface area contributed by atoms with Crippen molar-refractivity contribution in [3.05, 3.63) is 23.8 Å². The molecular weight excluding hydrogens is 332 g/mol. The van der Waals surface area contributed by atoms with E-state index in [9.17, 15) is 4.79 Å². The lowest BCUT2D eigenvalue weighted by Gasteiger charge is -2.30. The van der Waals surface area contributed by atoms with Gasteiger partial charge in [0.15, 0.2) is 11.5 Å². The lowest BCUT2D eigenvalue weighted by molar-refractivity contribution is 0.0785. The fourth-order valence-corrected chi connectivity index (χ4v) is 4.03. The molecule has 0 spiro atoms. The van der Waals surface area contributed by atoms with Crippen molar-refractivity contribution in [3.63, 3.8) is 0 Å². The maximum Gasteiger partial charge on any atom is 0.318 e. The smallest absolute Gasteiger partial charge is 0.318 e. The van der Waals surface area contributed by atoms with Gasteiger partial charge >= 0.3 is 6.03 Å². The number of hydrogen-bond donors (Lipinski definition) is 1. The minimum absolute atomic E-state index is 0.0186. The van der Waals surface area contributed by atoms with Gasteiger partial charge in [0, 0.05) is 25.7 Å². The summed E-state index contributed by atoms with van der Waals surface area (Å²) in [4.78, 5) is 14.8. The van der Waals surface area contributed by atoms with E-state index in [4.69, 9.17) is 14.2 Å². The molecular formula is C20H28N2O4. The van der Waals surface area contributed by atoms with E-state index >= 15 is 0 Å². The highest BCUT2D eigenvalue weighted by Gasteiger charge is 2.25. The number of amides is 2. The summed E-state index contributed by atoms with van der Waals surface area (Å²) in [6, 6.07) is 6.22. The Bertz CT molecular complexity index is 624. The first-order chi connectivity index (χ1) is 12.8. The molecule has 6 heteroatoms. The number of benzene rings is 1. The summed E-state index contributed by atoms with van der Waals surface area (Å²) in [6.07, 6.45) is 8.11. The molecule has 2 heterocycles. The summed E-state index contributed by atoms with van der Waals surface area (Å²) in [5.74, 6) is 1.53. The number of urea groups is 1. The van der Waals surface area contributed by atoms with Crippen molar-refractivity contribution in [2.45, 2.75) is 63.6 Å². The zero-order chi connectivity index (χ0) is 17.8. The SMILES string of the molecule is O=C(NC1CCCCC1)N(Cc1ccc2c(c1)OCO2)C[C@H]1CCCO1. The number of fused-ring (bicyclic) bond motifs is 1. The van der Waals surface area contributed by atoms with Crippen LogP contribution in [0.1, 0.15) is 50.5 Å². The van der Waals surface area contributed by atoms with E-state index in [0.29, 0.717) is 19.1 Å². The van der Waals surface area contributed by atoms with Gasteiger partial charge < -0.3 is 24.4 Å². The Balaban J connectivity index is 1.43. The molecule has 6 nitrogen and oxygen atoms in total. The maximum absolute atomic E-state index is 12.9. The Morgan fingerprint density at radius 1 is 1.08 bits per heavy atom. The molecule has 2 amide bonds. The topological polar surface area (TPSA) is 60.0 Å². The number of ether oxygens (including phenoxy) is 3. The molecule has 3 aliphatic rings. The predicted octanol–water partition coefficient (Wildman–Crippen LogP) is 3.44. The molecule has 1 saturated heterocycles. The minimum Gasteiger partial charge on any atom is -0.454 e. The summed E-state index contributed by atoms with van der Waals surface area (Å²) in [5.41, 5.74) is 1.05. The third-order valence-electron chi connectivity index (χ3n) is 5.48. The second kappa shape index (κ2) is 8.16. The molecule has 1 aromatic rings. The Hall–Kier alpha value is -1.95. The van der Waals surface area contributed by atoms with E-state index in [0.717, 1.165) is 49.4 Å². The number of hydrogen-bond acceptors (Lipinski definition) is 4. The Morgan fingerprint density at radius 2 is 1.92 bits per heavy atom. The van der Waals surface area contributed by atoms with E-state index in [2.05, 4.69) is 5.32 Å². The van der Waals surface area contributed by atoms with Crippen LogP contribution in [0.5, 0.6) is 11.5 Å². The molecule has 1 atom stereocenters. The molecule has 1 aromatic carbocycles. The normalized spacial score (nSPS) is 22.4. The summed E-state index contributed by atoms with van der Waals surface area (Å²) in [7, 11) is 0. The molecule has 0 aromatic heterocycles. The van der Waals surface area contributed by atoms with Crippen LogP contribution in [0.4, 0.5) is 4.79 Å². The number of carbonyl (C=O) groups excluding carboxylic acids is 1. The van der Waals surface area contributed by atoms with E-state index in [1.54, 1.807) is 0 Å². The number of nitrogens with one attached hydrogen (secondary N) is 1. The van der Waals surface area contributed by atoms with E-state index in [-0.39, 0.29) is 18.9 Å². The second-order valence-electron chi connectivity index (χ2n) is 7.49. The third-order valence-corrected chi connectivity index (χ3v) is 5.48. The lowest BCUT2D eigenvalue weighted by Crippen LogP contribution is -2.47. The number of nitrogens with zero attached hydrogens (tertiary/aromatic N) is 1. The zero-order valence-electron chi connectivity index (χ0n) is 15.2. The third kappa shape index (κ3) is 4.23. The summed E-state index contributed by atoms with van der Waals surface area (Å²) in [5, 5.41) is 3.24. The van der Waals surface area contributed by atoms with Crippen LogP contribution < -0.4 is 14.8 Å². The fraction of sp³-hybridized carbons (Fsp3) is 0.650. The molecule has 4 rings (SSSR count). The van der Waals surface area contributed by atoms with Gasteiger partial charge in [-0.25, -0.2) is 4.79 Å². The van der Waals surface area contributed by atoms with Crippen LogP contribution in [-0.4, -0.2) is 43.0 Å². The first-order valence-electron chi connectivity index (χ1n) is 9.83. The zero-order valence-corrected chi connectivity index (χ0v) is 15.2. The van der Waals surface area contributed by atoms with Gasteiger partial charge in [-0.05, 0) is 43.4 Å². The standard InChI is InChI=1S/C20H28N2O4/c23-20(21-16-5-2-1-3-6-16)22(13-17-7-4-10-24-17)12-15-8-9-18-19(11-15)26-14-25-18/h8-9,11,16-17H,1-7,10,12-14H2,(H,21,23)/t17-/m1/s1. The molecule has 1 saturated carbocycles. The highest BCUT2D eigenvalue weighted by Crippen LogP contribution is 2.33. The highest BCUT2D eigenvalue weighted by molar-refractivity contribution is 5.74. The Labute approximate surface area is 154 Å². The fourth-order valence-electron chi connectivity index (χ4n) is 4.03. The molecule has 0 unspecified atom stereocenters. The Morgan fingerprint density at radius 3 is 2.73 bits per heavy atom. The molecule has 1 N–H and O–H groups in total. The monoisotopic (exact) mass is 360 g/mol. The van der Waals surface area contributed by atoms with Crippen molar-refractivity contribution in [2.75, 3.05) is 19.9 Å². The van der Waals surface area contributed by atoms with Gasteiger partial charge in [0.05, 0.1) is 6.10 Å². The summed E-state index contributed by atoms with van der Waals surface area (Å²) in [6.45, 7) is 2.25. The van der Waals surface area contributed by atoms with Crippen LogP contribution in [0, 0.1) is 0 Å². The molecule has 142 valence electrons. The van der Waals surface area contributed by atoms with E-state index in [1.807, 2.05) is 23.1 Å². The van der Waals surface area contributed by atoms with Gasteiger partial charge in [0.25, 0.3) is 0 Å². The van der Waals surface area contributed by atoms with Gasteiger partial charge in [-0.15, -0.1) is 0 Å². The van der Waals surface area contributed by atoms with Crippen molar-refractivity contribution < 1.29 is 19.0 Å². The molecule has 2 fully saturated rings. The van der Waals surface area contributed by atoms with Gasteiger partial charge in [-0.1, -0.05) is 25.3 Å². The van der Waals surface area contributed by atoms with Crippen LogP contribution in [0.3, 0.4) is 0 Å². The minimum atomic E-state index is 0.0186. The van der Waals surface area contributed by atoms with Crippen LogP contribution >= 0.6 is 0 Å². The molecule has 0 radical (unpaired) electrons. The average Bonchev–Trinajstić information content (AvgIpc) is 3.33. The van der Waals surface area contributed by atoms with Crippen molar-refractivity contribution in [1.29, 1.82) is 0 Å². The van der Waals surface area contributed by atoms with Crippen molar-refractivity contribution >= 4 is 6.03 Å². The molecule has 1 aliphatic carbocycles. The first-order valence-corrected chi connectivity index (χ1v) is 9.83. The van der Waals surface area contributed by atoms with E-state index in [1.165, 1.54) is 19.3 Å². The number of rotatable bonds is 5. The van der Waals surface area contributed by atoms with E-state index < -0.39 is 0 Å². The molecule has 2 aliphatic heterocycles. The quantitative estimate of drug-likeness (QED) is 0.874. The van der Waals surface area contributed by atoms with Crippen LogP contribution in [0.15, 0.2) is 18.2 Å². The van der Waals surface area contributed by atoms with Crippen molar-refractivity contribution in [3.8, 4) is 11.5 Å². The van der Waals surface area contributed by atoms with Crippen molar-refractivity contribution in [2.24, 2.45) is 0 Å². The Kier molecular flexibility index (Phi) is 5.48. The number of carbonyl (C=O) groups is 1. The molecule has 0 bridgehead atoms. The highest BCUT2D eigenvalue weighted by atomic mass is 16.7.